The molecule has 0 aliphatic rings. The number of fused-ring (bicyclic) bond motifs is 1. The first kappa shape index (κ1) is 19.3. The van der Waals surface area contributed by atoms with Gasteiger partial charge in [0, 0.05) is 17.5 Å². The summed E-state index contributed by atoms with van der Waals surface area (Å²) in [5, 5.41) is 3.18. The van der Waals surface area contributed by atoms with Crippen LogP contribution in [0, 0.1) is 0 Å². The van der Waals surface area contributed by atoms with Gasteiger partial charge in [0.1, 0.15) is 6.04 Å². The van der Waals surface area contributed by atoms with E-state index in [0.29, 0.717) is 11.2 Å². The molecule has 2 aromatic carbocycles. The monoisotopic (exact) mass is 387 g/mol. The third-order valence-electron chi connectivity index (χ3n) is 4.20. The molecule has 0 saturated carbocycles. The van der Waals surface area contributed by atoms with Gasteiger partial charge in [0.25, 0.3) is 5.91 Å². The Labute approximate surface area is 158 Å². The molecule has 5 nitrogen and oxygen atoms in total. The fourth-order valence-corrected chi connectivity index (χ4v) is 2.82. The topological polar surface area (TPSA) is 85.1 Å². The highest BCUT2D eigenvalue weighted by atomic mass is 19.4. The average molecular weight is 387 g/mol. The Bertz CT molecular complexity index is 1030. The lowest BCUT2D eigenvalue weighted by Crippen LogP contribution is -2.46. The van der Waals surface area contributed by atoms with Gasteiger partial charge in [-0.25, -0.2) is 0 Å². The standard InChI is InChI=1S/C20H16F3N3O2/c21-20(22,23)15-7-3-2-6-14(15)19(28)26-17(18(24)27)11-13-10-9-12-5-1-4-8-16(12)25-13/h1-10,17H,11H2,(H2,24,27)(H,26,28)/t17-/m1/s1. The summed E-state index contributed by atoms with van der Waals surface area (Å²) in [6.45, 7) is 0. The zero-order chi connectivity index (χ0) is 20.3. The molecule has 3 aromatic rings. The van der Waals surface area contributed by atoms with E-state index in [1.807, 2.05) is 12.1 Å². The van der Waals surface area contributed by atoms with Gasteiger partial charge in [-0.05, 0) is 24.3 Å². The van der Waals surface area contributed by atoms with Crippen molar-refractivity contribution in [2.24, 2.45) is 5.73 Å². The number of carbonyl (C=O) groups is 2. The number of pyridine rings is 1. The van der Waals surface area contributed by atoms with E-state index in [9.17, 15) is 22.8 Å². The Hall–Kier alpha value is -3.42. The molecule has 8 heteroatoms. The first-order valence-electron chi connectivity index (χ1n) is 8.37. The normalized spacial score (nSPS) is 12.5. The number of hydrogen-bond acceptors (Lipinski definition) is 3. The number of nitrogens with one attached hydrogen (secondary N) is 1. The lowest BCUT2D eigenvalue weighted by Gasteiger charge is -2.17. The maximum atomic E-state index is 13.1. The second-order valence-corrected chi connectivity index (χ2v) is 6.17. The molecule has 0 spiro atoms. The highest BCUT2D eigenvalue weighted by Crippen LogP contribution is 2.31. The van der Waals surface area contributed by atoms with Crippen LogP contribution in [0.25, 0.3) is 10.9 Å². The largest absolute Gasteiger partial charge is 0.417 e. The minimum absolute atomic E-state index is 0.0416. The fraction of sp³-hybridized carbons (Fsp3) is 0.150. The lowest BCUT2D eigenvalue weighted by molar-refractivity contribution is -0.137. The van der Waals surface area contributed by atoms with Crippen molar-refractivity contribution in [1.82, 2.24) is 10.3 Å². The number of halogens is 3. The Balaban J connectivity index is 1.83. The van der Waals surface area contributed by atoms with Crippen LogP contribution in [0.15, 0.2) is 60.7 Å². The van der Waals surface area contributed by atoms with Gasteiger partial charge in [-0.3, -0.25) is 14.6 Å². The summed E-state index contributed by atoms with van der Waals surface area (Å²) in [6, 6.07) is 13.9. The van der Waals surface area contributed by atoms with Crippen molar-refractivity contribution < 1.29 is 22.8 Å². The van der Waals surface area contributed by atoms with Gasteiger partial charge in [-0.15, -0.1) is 0 Å². The third kappa shape index (κ3) is 4.28. The van der Waals surface area contributed by atoms with Crippen molar-refractivity contribution >= 4 is 22.7 Å². The van der Waals surface area contributed by atoms with Crippen molar-refractivity contribution in [3.63, 3.8) is 0 Å². The van der Waals surface area contributed by atoms with E-state index in [1.165, 1.54) is 12.1 Å². The number of hydrogen-bond donors (Lipinski definition) is 2. The predicted molar refractivity (Wildman–Crippen MR) is 97.3 cm³/mol. The van der Waals surface area contributed by atoms with Crippen LogP contribution in [-0.4, -0.2) is 22.8 Å². The molecule has 0 aliphatic heterocycles. The van der Waals surface area contributed by atoms with Crippen LogP contribution < -0.4 is 11.1 Å². The van der Waals surface area contributed by atoms with E-state index < -0.39 is 35.2 Å². The Morgan fingerprint density at radius 3 is 2.39 bits per heavy atom. The summed E-state index contributed by atoms with van der Waals surface area (Å²) >= 11 is 0. The van der Waals surface area contributed by atoms with Gasteiger partial charge in [0.2, 0.25) is 5.91 Å². The van der Waals surface area contributed by atoms with Gasteiger partial charge in [0.05, 0.1) is 16.6 Å². The summed E-state index contributed by atoms with van der Waals surface area (Å²) in [5.74, 6) is -1.90. The molecule has 3 N–H and O–H groups in total. The fourth-order valence-electron chi connectivity index (χ4n) is 2.82. The summed E-state index contributed by atoms with van der Waals surface area (Å²) in [4.78, 5) is 28.6. The Kier molecular flexibility index (Phi) is 5.30. The molecule has 0 unspecified atom stereocenters. The van der Waals surface area contributed by atoms with Crippen LogP contribution in [0.2, 0.25) is 0 Å². The highest BCUT2D eigenvalue weighted by Gasteiger charge is 2.35. The van der Waals surface area contributed by atoms with Crippen LogP contribution in [0.1, 0.15) is 21.6 Å². The van der Waals surface area contributed by atoms with Crippen LogP contribution in [-0.2, 0) is 17.4 Å². The summed E-state index contributed by atoms with van der Waals surface area (Å²) in [7, 11) is 0. The molecule has 3 rings (SSSR count). The zero-order valence-electron chi connectivity index (χ0n) is 14.5. The summed E-state index contributed by atoms with van der Waals surface area (Å²) in [6.07, 6.45) is -4.74. The first-order valence-corrected chi connectivity index (χ1v) is 8.37. The number of aromatic nitrogens is 1. The molecule has 28 heavy (non-hydrogen) atoms. The number of amides is 2. The predicted octanol–water partition coefficient (Wildman–Crippen LogP) is 3.08. The smallest absolute Gasteiger partial charge is 0.368 e. The molecule has 0 fully saturated rings. The number of para-hydroxylation sites is 1. The summed E-state index contributed by atoms with van der Waals surface area (Å²) in [5.41, 5.74) is 4.85. The zero-order valence-corrected chi connectivity index (χ0v) is 14.5. The number of rotatable bonds is 5. The quantitative estimate of drug-likeness (QED) is 0.706. The molecule has 2 amide bonds. The molecule has 0 aliphatic carbocycles. The SMILES string of the molecule is NC(=O)[C@@H](Cc1ccc2ccccc2n1)NC(=O)c1ccccc1C(F)(F)F. The highest BCUT2D eigenvalue weighted by molar-refractivity contribution is 5.98. The number of primary amides is 1. The van der Waals surface area contributed by atoms with Crippen LogP contribution >= 0.6 is 0 Å². The molecular weight excluding hydrogens is 371 g/mol. The van der Waals surface area contributed by atoms with E-state index in [-0.39, 0.29) is 6.42 Å². The second-order valence-electron chi connectivity index (χ2n) is 6.17. The molecule has 0 saturated heterocycles. The van der Waals surface area contributed by atoms with Gasteiger partial charge >= 0.3 is 6.18 Å². The van der Waals surface area contributed by atoms with Crippen molar-refractivity contribution in [3.05, 3.63) is 77.5 Å². The van der Waals surface area contributed by atoms with Crippen molar-refractivity contribution in [2.45, 2.75) is 18.6 Å². The maximum Gasteiger partial charge on any atom is 0.417 e. The molecule has 144 valence electrons. The molecule has 1 atom stereocenters. The minimum Gasteiger partial charge on any atom is -0.368 e. The van der Waals surface area contributed by atoms with E-state index in [4.69, 9.17) is 5.73 Å². The number of alkyl halides is 3. The average Bonchev–Trinajstić information content (AvgIpc) is 2.66. The summed E-state index contributed by atoms with van der Waals surface area (Å²) < 4.78 is 39.4. The number of carbonyl (C=O) groups excluding carboxylic acids is 2. The Morgan fingerprint density at radius 1 is 1.00 bits per heavy atom. The molecule has 1 aromatic heterocycles. The third-order valence-corrected chi connectivity index (χ3v) is 4.20. The molecular formula is C20H16F3N3O2. The van der Waals surface area contributed by atoms with Crippen molar-refractivity contribution in [2.75, 3.05) is 0 Å². The second kappa shape index (κ2) is 7.67. The van der Waals surface area contributed by atoms with Crippen LogP contribution in [0.5, 0.6) is 0 Å². The first-order chi connectivity index (χ1) is 13.3. The lowest BCUT2D eigenvalue weighted by atomic mass is 10.0. The van der Waals surface area contributed by atoms with Crippen LogP contribution in [0.4, 0.5) is 13.2 Å². The van der Waals surface area contributed by atoms with Gasteiger partial charge in [-0.2, -0.15) is 13.2 Å². The number of benzene rings is 2. The Morgan fingerprint density at radius 2 is 1.68 bits per heavy atom. The minimum atomic E-state index is -4.70. The molecule has 0 bridgehead atoms. The van der Waals surface area contributed by atoms with E-state index >= 15 is 0 Å². The van der Waals surface area contributed by atoms with E-state index in [2.05, 4.69) is 10.3 Å². The van der Waals surface area contributed by atoms with Crippen LogP contribution in [0.3, 0.4) is 0 Å². The number of nitrogens with zero attached hydrogens (tertiary/aromatic N) is 1. The van der Waals surface area contributed by atoms with Gasteiger partial charge in [-0.1, -0.05) is 36.4 Å². The van der Waals surface area contributed by atoms with E-state index in [0.717, 1.165) is 17.5 Å². The molecule has 0 radical (unpaired) electrons. The van der Waals surface area contributed by atoms with Crippen molar-refractivity contribution in [3.8, 4) is 0 Å². The number of nitrogens with two attached hydrogens (primary N) is 1. The molecule has 1 heterocycles. The van der Waals surface area contributed by atoms with E-state index in [1.54, 1.807) is 24.3 Å². The van der Waals surface area contributed by atoms with Crippen molar-refractivity contribution in [1.29, 1.82) is 0 Å². The van der Waals surface area contributed by atoms with Gasteiger partial charge in [0.15, 0.2) is 0 Å². The van der Waals surface area contributed by atoms with Gasteiger partial charge < -0.3 is 11.1 Å². The maximum absolute atomic E-state index is 13.1.